The van der Waals surface area contributed by atoms with E-state index in [0.29, 0.717) is 12.8 Å². The number of carbonyl (C=O) groups is 2. The topological polar surface area (TPSA) is 34.1 Å². The minimum absolute atomic E-state index is 0.00486. The molecule has 0 spiro atoms. The van der Waals surface area contributed by atoms with Crippen molar-refractivity contribution in [2.75, 3.05) is 0 Å². The van der Waals surface area contributed by atoms with E-state index in [1.165, 1.54) is 23.4 Å². The summed E-state index contributed by atoms with van der Waals surface area (Å²) in [5.41, 5.74) is 1.18. The van der Waals surface area contributed by atoms with Crippen LogP contribution in [0.1, 0.15) is 18.4 Å². The molecule has 0 aliphatic carbocycles. The molecular formula is C13H14O2S. The molecule has 0 aliphatic heterocycles. The third-order valence-electron chi connectivity index (χ3n) is 1.94. The molecule has 0 fully saturated rings. The smallest absolute Gasteiger partial charge is 0.216 e. The van der Waals surface area contributed by atoms with E-state index in [1.807, 2.05) is 31.2 Å². The van der Waals surface area contributed by atoms with Gasteiger partial charge in [0.25, 0.3) is 0 Å². The minimum Gasteiger partial charge on any atom is -0.303 e. The number of allylic oxidation sites excluding steroid dienone is 1. The van der Waals surface area contributed by atoms with Crippen molar-refractivity contribution in [2.45, 2.75) is 24.7 Å². The molecule has 2 nitrogen and oxygen atoms in total. The van der Waals surface area contributed by atoms with Gasteiger partial charge in [-0.15, -0.1) is 0 Å². The third kappa shape index (κ3) is 4.94. The predicted octanol–water partition coefficient (Wildman–Crippen LogP) is 3.15. The summed E-state index contributed by atoms with van der Waals surface area (Å²) in [5, 5.41) is -0.00486. The molecule has 3 heteroatoms. The maximum atomic E-state index is 11.4. The number of rotatable bonds is 5. The van der Waals surface area contributed by atoms with Gasteiger partial charge < -0.3 is 4.79 Å². The molecule has 0 N–H and O–H groups in total. The Balaban J connectivity index is 2.42. The van der Waals surface area contributed by atoms with E-state index in [2.05, 4.69) is 0 Å². The van der Waals surface area contributed by atoms with E-state index in [9.17, 15) is 9.59 Å². The molecule has 0 aliphatic rings. The summed E-state index contributed by atoms with van der Waals surface area (Å²) in [7, 11) is 0. The Hall–Kier alpha value is -1.35. The van der Waals surface area contributed by atoms with Crippen molar-refractivity contribution in [3.63, 3.8) is 0 Å². The van der Waals surface area contributed by atoms with Crippen LogP contribution in [-0.2, 0) is 9.59 Å². The molecule has 0 bridgehead atoms. The van der Waals surface area contributed by atoms with Crippen LogP contribution in [0.25, 0.3) is 0 Å². The highest BCUT2D eigenvalue weighted by atomic mass is 32.2. The average Bonchev–Trinajstić information content (AvgIpc) is 2.28. The Morgan fingerprint density at radius 3 is 2.56 bits per heavy atom. The van der Waals surface area contributed by atoms with Crippen LogP contribution >= 0.6 is 11.8 Å². The van der Waals surface area contributed by atoms with Gasteiger partial charge in [0, 0.05) is 11.3 Å². The predicted molar refractivity (Wildman–Crippen MR) is 66.5 cm³/mol. The first-order chi connectivity index (χ1) is 7.72. The lowest BCUT2D eigenvalue weighted by Gasteiger charge is -1.97. The maximum Gasteiger partial charge on any atom is 0.216 e. The van der Waals surface area contributed by atoms with Crippen LogP contribution in [0.15, 0.2) is 41.3 Å². The van der Waals surface area contributed by atoms with Gasteiger partial charge in [-0.1, -0.05) is 23.8 Å². The summed E-state index contributed by atoms with van der Waals surface area (Å²) in [4.78, 5) is 22.4. The quantitative estimate of drug-likeness (QED) is 0.340. The van der Waals surface area contributed by atoms with Crippen LogP contribution < -0.4 is 0 Å². The lowest BCUT2D eigenvalue weighted by Crippen LogP contribution is -1.85. The lowest BCUT2D eigenvalue weighted by molar-refractivity contribution is -0.108. The molecule has 0 saturated carbocycles. The first-order valence-electron chi connectivity index (χ1n) is 5.11. The fourth-order valence-corrected chi connectivity index (χ4v) is 1.77. The van der Waals surface area contributed by atoms with E-state index in [-0.39, 0.29) is 5.12 Å². The monoisotopic (exact) mass is 234 g/mol. The number of carbonyl (C=O) groups excluding carboxylic acids is 2. The summed E-state index contributed by atoms with van der Waals surface area (Å²) in [6, 6.07) is 7.81. The molecule has 1 rings (SSSR count). The zero-order valence-electron chi connectivity index (χ0n) is 9.18. The molecule has 0 unspecified atom stereocenters. The number of thioether (sulfide) groups is 1. The second-order valence-corrected chi connectivity index (χ2v) is 4.46. The summed E-state index contributed by atoms with van der Waals surface area (Å²) in [6.45, 7) is 2.01. The molecule has 0 aromatic heterocycles. The number of aryl methyl sites for hydroxylation is 1. The zero-order valence-corrected chi connectivity index (χ0v) is 10.00. The van der Waals surface area contributed by atoms with Crippen LogP contribution in [0.4, 0.5) is 0 Å². The van der Waals surface area contributed by atoms with Crippen molar-refractivity contribution in [3.05, 3.63) is 42.0 Å². The second-order valence-electron chi connectivity index (χ2n) is 3.38. The number of benzene rings is 1. The lowest BCUT2D eigenvalue weighted by atomic mass is 10.2. The SMILES string of the molecule is Cc1ccc(SC(=O)/C=C/CCC=O)cc1. The molecule has 0 saturated heterocycles. The van der Waals surface area contributed by atoms with E-state index in [1.54, 1.807) is 6.08 Å². The molecule has 0 atom stereocenters. The van der Waals surface area contributed by atoms with Crippen LogP contribution in [0, 0.1) is 6.92 Å². The van der Waals surface area contributed by atoms with Gasteiger partial charge in [-0.2, -0.15) is 0 Å². The van der Waals surface area contributed by atoms with Crippen LogP contribution in [-0.4, -0.2) is 11.4 Å². The summed E-state index contributed by atoms with van der Waals surface area (Å²) in [5.74, 6) is 0. The van der Waals surface area contributed by atoms with Gasteiger partial charge in [0.05, 0.1) is 0 Å². The number of hydrogen-bond acceptors (Lipinski definition) is 3. The van der Waals surface area contributed by atoms with Crippen LogP contribution in [0.2, 0.25) is 0 Å². The minimum atomic E-state index is -0.00486. The molecule has 1 aromatic carbocycles. The fraction of sp³-hybridized carbons (Fsp3) is 0.231. The van der Waals surface area contributed by atoms with Crippen molar-refractivity contribution in [1.29, 1.82) is 0 Å². The molecule has 0 radical (unpaired) electrons. The van der Waals surface area contributed by atoms with Gasteiger partial charge >= 0.3 is 0 Å². The standard InChI is InChI=1S/C13H14O2S/c1-11-6-8-12(9-7-11)16-13(15)5-3-2-4-10-14/h3,5-10H,2,4H2,1H3/b5-3+. The van der Waals surface area contributed by atoms with Gasteiger partial charge in [-0.05, 0) is 43.3 Å². The number of hydrogen-bond donors (Lipinski definition) is 0. The molecule has 16 heavy (non-hydrogen) atoms. The Morgan fingerprint density at radius 2 is 1.94 bits per heavy atom. The van der Waals surface area contributed by atoms with Crippen molar-refractivity contribution in [3.8, 4) is 0 Å². The van der Waals surface area contributed by atoms with Gasteiger partial charge in [0.2, 0.25) is 5.12 Å². The Morgan fingerprint density at radius 1 is 1.25 bits per heavy atom. The highest BCUT2D eigenvalue weighted by Crippen LogP contribution is 2.19. The first-order valence-corrected chi connectivity index (χ1v) is 5.92. The van der Waals surface area contributed by atoms with Crippen molar-refractivity contribution >= 4 is 23.2 Å². The fourth-order valence-electron chi connectivity index (χ4n) is 1.10. The number of aldehydes is 1. The molecule has 84 valence electrons. The van der Waals surface area contributed by atoms with E-state index >= 15 is 0 Å². The summed E-state index contributed by atoms with van der Waals surface area (Å²) < 4.78 is 0. The highest BCUT2D eigenvalue weighted by Gasteiger charge is 1.99. The van der Waals surface area contributed by atoms with E-state index in [0.717, 1.165) is 11.2 Å². The summed E-state index contributed by atoms with van der Waals surface area (Å²) in [6.07, 6.45) is 5.20. The van der Waals surface area contributed by atoms with E-state index in [4.69, 9.17) is 0 Å². The first kappa shape index (κ1) is 12.7. The van der Waals surface area contributed by atoms with Crippen LogP contribution in [0.3, 0.4) is 0 Å². The zero-order chi connectivity index (χ0) is 11.8. The van der Waals surface area contributed by atoms with Gasteiger partial charge in [-0.25, -0.2) is 0 Å². The largest absolute Gasteiger partial charge is 0.303 e. The Labute approximate surface area is 99.7 Å². The van der Waals surface area contributed by atoms with Gasteiger partial charge in [0.1, 0.15) is 6.29 Å². The molecule has 0 amide bonds. The normalized spacial score (nSPS) is 10.6. The molecular weight excluding hydrogens is 220 g/mol. The average molecular weight is 234 g/mol. The molecule has 0 heterocycles. The third-order valence-corrected chi connectivity index (χ3v) is 2.79. The summed E-state index contributed by atoms with van der Waals surface area (Å²) >= 11 is 1.20. The van der Waals surface area contributed by atoms with E-state index < -0.39 is 0 Å². The highest BCUT2D eigenvalue weighted by molar-refractivity contribution is 8.14. The molecule has 1 aromatic rings. The van der Waals surface area contributed by atoms with Gasteiger partial charge in [0.15, 0.2) is 0 Å². The van der Waals surface area contributed by atoms with Crippen LogP contribution in [0.5, 0.6) is 0 Å². The van der Waals surface area contributed by atoms with Crippen molar-refractivity contribution < 1.29 is 9.59 Å². The van der Waals surface area contributed by atoms with Gasteiger partial charge in [-0.3, -0.25) is 4.79 Å². The van der Waals surface area contributed by atoms with Crippen molar-refractivity contribution in [1.82, 2.24) is 0 Å². The second kappa shape index (κ2) is 7.01. The Kier molecular flexibility index (Phi) is 5.57. The maximum absolute atomic E-state index is 11.4. The Bertz CT molecular complexity index is 379. The van der Waals surface area contributed by atoms with Crippen molar-refractivity contribution in [2.24, 2.45) is 0 Å². The number of unbranched alkanes of at least 4 members (excludes halogenated alkanes) is 1.